The summed E-state index contributed by atoms with van der Waals surface area (Å²) >= 11 is 1.33. The molecule has 2 saturated carbocycles. The highest BCUT2D eigenvalue weighted by Gasteiger charge is 2.44. The van der Waals surface area contributed by atoms with Crippen molar-refractivity contribution in [3.8, 4) is 11.8 Å². The highest BCUT2D eigenvalue weighted by molar-refractivity contribution is 7.15. The number of rotatable bonds is 5. The van der Waals surface area contributed by atoms with Gasteiger partial charge in [-0.3, -0.25) is 4.79 Å². The molecule has 0 radical (unpaired) electrons. The molecule has 7 heteroatoms. The van der Waals surface area contributed by atoms with Crippen molar-refractivity contribution in [2.45, 2.75) is 104 Å². The second kappa shape index (κ2) is 11.9. The number of nitrogens with zero attached hydrogens (tertiary/aromatic N) is 1. The largest absolute Gasteiger partial charge is 0.465 e. The van der Waals surface area contributed by atoms with Crippen LogP contribution in [0.2, 0.25) is 0 Å². The lowest BCUT2D eigenvalue weighted by atomic mass is 9.81. The van der Waals surface area contributed by atoms with Crippen LogP contribution in [0.5, 0.6) is 0 Å². The van der Waals surface area contributed by atoms with E-state index in [4.69, 9.17) is 14.2 Å². The minimum Gasteiger partial charge on any atom is -0.465 e. The molecule has 1 spiro atoms. The first-order valence-electron chi connectivity index (χ1n) is 13.9. The first kappa shape index (κ1) is 28.1. The number of esters is 1. The zero-order valence-corrected chi connectivity index (χ0v) is 24.0. The van der Waals surface area contributed by atoms with E-state index in [0.29, 0.717) is 29.7 Å². The van der Waals surface area contributed by atoms with Gasteiger partial charge in [-0.1, -0.05) is 39.5 Å². The molecule has 0 bridgehead atoms. The van der Waals surface area contributed by atoms with Crippen LogP contribution in [0.15, 0.2) is 6.07 Å². The van der Waals surface area contributed by atoms with Crippen molar-refractivity contribution in [1.29, 1.82) is 0 Å². The fraction of sp³-hybridized carbons (Fsp3) is 0.733. The Morgan fingerprint density at radius 2 is 1.76 bits per heavy atom. The van der Waals surface area contributed by atoms with Crippen molar-refractivity contribution in [2.75, 3.05) is 25.2 Å². The highest BCUT2D eigenvalue weighted by Crippen LogP contribution is 2.42. The molecule has 4 rings (SSSR count). The maximum absolute atomic E-state index is 14.1. The van der Waals surface area contributed by atoms with E-state index in [0.717, 1.165) is 69.1 Å². The van der Waals surface area contributed by atoms with Crippen LogP contribution in [-0.2, 0) is 19.0 Å². The molecule has 1 amide bonds. The van der Waals surface area contributed by atoms with Gasteiger partial charge < -0.3 is 19.1 Å². The van der Waals surface area contributed by atoms with E-state index >= 15 is 0 Å². The zero-order valence-electron chi connectivity index (χ0n) is 23.2. The van der Waals surface area contributed by atoms with Crippen LogP contribution in [0.4, 0.5) is 5.69 Å². The van der Waals surface area contributed by atoms with Gasteiger partial charge in [0.15, 0.2) is 5.79 Å². The molecular formula is C30H43NO5S. The molecule has 3 aliphatic rings. The van der Waals surface area contributed by atoms with Crippen LogP contribution in [-0.4, -0.2) is 44.0 Å². The fourth-order valence-corrected chi connectivity index (χ4v) is 6.68. The number of methoxy groups -OCH3 is 1. The van der Waals surface area contributed by atoms with E-state index in [-0.39, 0.29) is 23.3 Å². The Morgan fingerprint density at radius 3 is 2.35 bits per heavy atom. The van der Waals surface area contributed by atoms with E-state index in [1.807, 2.05) is 11.0 Å². The van der Waals surface area contributed by atoms with Crippen LogP contribution < -0.4 is 4.90 Å². The summed E-state index contributed by atoms with van der Waals surface area (Å²) in [4.78, 5) is 30.2. The topological polar surface area (TPSA) is 65.1 Å². The number of hydrogen-bond donors (Lipinski definition) is 0. The Kier molecular flexibility index (Phi) is 9.04. The third-order valence-electron chi connectivity index (χ3n) is 8.05. The molecule has 1 aliphatic heterocycles. The van der Waals surface area contributed by atoms with Gasteiger partial charge in [0, 0.05) is 31.2 Å². The lowest BCUT2D eigenvalue weighted by Gasteiger charge is -2.42. The van der Waals surface area contributed by atoms with Crippen molar-refractivity contribution in [1.82, 2.24) is 0 Å². The Balaban J connectivity index is 1.64. The fourth-order valence-electron chi connectivity index (χ4n) is 5.73. The molecule has 37 heavy (non-hydrogen) atoms. The monoisotopic (exact) mass is 529 g/mol. The number of carbonyl (C=O) groups excluding carboxylic acids is 2. The van der Waals surface area contributed by atoms with Crippen LogP contribution in [0.1, 0.15) is 106 Å². The third kappa shape index (κ3) is 6.96. The van der Waals surface area contributed by atoms with Gasteiger partial charge in [0.2, 0.25) is 5.91 Å². The number of ether oxygens (including phenoxy) is 3. The third-order valence-corrected chi connectivity index (χ3v) is 9.07. The van der Waals surface area contributed by atoms with E-state index in [1.165, 1.54) is 18.4 Å². The molecule has 2 aliphatic carbocycles. The van der Waals surface area contributed by atoms with Gasteiger partial charge in [0.1, 0.15) is 4.88 Å². The molecular weight excluding hydrogens is 486 g/mol. The van der Waals surface area contributed by atoms with Crippen molar-refractivity contribution in [3.05, 3.63) is 15.8 Å². The molecule has 204 valence electrons. The maximum Gasteiger partial charge on any atom is 0.350 e. The van der Waals surface area contributed by atoms with E-state index in [9.17, 15) is 9.59 Å². The summed E-state index contributed by atoms with van der Waals surface area (Å²) in [5.74, 6) is 6.40. The zero-order chi connectivity index (χ0) is 26.6. The number of thiophene rings is 1. The lowest BCUT2D eigenvalue weighted by molar-refractivity contribution is -0.179. The summed E-state index contributed by atoms with van der Waals surface area (Å²) in [6.45, 7) is 10.1. The second-order valence-corrected chi connectivity index (χ2v) is 13.2. The van der Waals surface area contributed by atoms with E-state index < -0.39 is 11.8 Å². The van der Waals surface area contributed by atoms with Gasteiger partial charge in [-0.05, 0) is 62.3 Å². The second-order valence-electron chi connectivity index (χ2n) is 12.2. The first-order valence-corrected chi connectivity index (χ1v) is 14.7. The Labute approximate surface area is 226 Å². The van der Waals surface area contributed by atoms with Crippen molar-refractivity contribution in [3.63, 3.8) is 0 Å². The standard InChI is InChI=1S/C30H43NO5S/c1-21-9-11-22(12-10-21)27(32)31(23-13-16-30(17-14-23)35-18-19-36-30)25-20-24(37-26(25)28(33)34-5)8-6-7-15-29(2,3)4/h20-23H,7,9-19H2,1-5H3. The predicted molar refractivity (Wildman–Crippen MR) is 147 cm³/mol. The molecule has 2 heterocycles. The molecule has 1 aromatic rings. The minimum atomic E-state index is -0.505. The first-order chi connectivity index (χ1) is 17.6. The number of hydrogen-bond acceptors (Lipinski definition) is 6. The molecule has 0 aromatic carbocycles. The van der Waals surface area contributed by atoms with Crippen LogP contribution in [0, 0.1) is 29.1 Å². The lowest BCUT2D eigenvalue weighted by Crippen LogP contribution is -2.49. The highest BCUT2D eigenvalue weighted by atomic mass is 32.1. The molecule has 1 aromatic heterocycles. The summed E-state index contributed by atoms with van der Waals surface area (Å²) in [6, 6.07) is 1.93. The van der Waals surface area contributed by atoms with Gasteiger partial charge in [-0.15, -0.1) is 11.3 Å². The quantitative estimate of drug-likeness (QED) is 0.319. The predicted octanol–water partition coefficient (Wildman–Crippen LogP) is 6.56. The number of amides is 1. The normalized spacial score (nSPS) is 23.9. The van der Waals surface area contributed by atoms with Gasteiger partial charge in [0.05, 0.1) is 30.9 Å². The van der Waals surface area contributed by atoms with Gasteiger partial charge in [-0.25, -0.2) is 4.79 Å². The Bertz CT molecular complexity index is 1000. The number of carbonyl (C=O) groups is 2. The van der Waals surface area contributed by atoms with Crippen molar-refractivity contribution in [2.24, 2.45) is 17.3 Å². The Morgan fingerprint density at radius 1 is 1.11 bits per heavy atom. The molecule has 0 atom stereocenters. The SMILES string of the molecule is COC(=O)c1sc(C#CCCC(C)(C)C)cc1N(C(=O)C1CCC(C)CC1)C1CCC2(CC1)OCCO2. The molecule has 0 unspecified atom stereocenters. The summed E-state index contributed by atoms with van der Waals surface area (Å²) in [7, 11) is 1.40. The van der Waals surface area contributed by atoms with Crippen LogP contribution in [0.3, 0.4) is 0 Å². The molecule has 3 fully saturated rings. The smallest absolute Gasteiger partial charge is 0.350 e. The van der Waals surface area contributed by atoms with Gasteiger partial charge in [-0.2, -0.15) is 0 Å². The Hall–Kier alpha value is -1.88. The van der Waals surface area contributed by atoms with Gasteiger partial charge in [0.25, 0.3) is 0 Å². The van der Waals surface area contributed by atoms with Crippen LogP contribution >= 0.6 is 11.3 Å². The summed E-state index contributed by atoms with van der Waals surface area (Å²) in [6.07, 6.45) is 8.78. The molecule has 0 N–H and O–H groups in total. The van der Waals surface area contributed by atoms with Crippen LogP contribution in [0.25, 0.3) is 0 Å². The summed E-state index contributed by atoms with van der Waals surface area (Å²) < 4.78 is 17.1. The summed E-state index contributed by atoms with van der Waals surface area (Å²) in [5.41, 5.74) is 0.882. The minimum absolute atomic E-state index is 0.00928. The maximum atomic E-state index is 14.1. The average molecular weight is 530 g/mol. The molecule has 1 saturated heterocycles. The number of anilines is 1. The summed E-state index contributed by atoms with van der Waals surface area (Å²) in [5, 5.41) is 0. The van der Waals surface area contributed by atoms with Crippen molar-refractivity contribution >= 4 is 28.9 Å². The van der Waals surface area contributed by atoms with Gasteiger partial charge >= 0.3 is 5.97 Å². The van der Waals surface area contributed by atoms with E-state index in [1.54, 1.807) is 0 Å². The van der Waals surface area contributed by atoms with E-state index in [2.05, 4.69) is 39.5 Å². The molecule has 6 nitrogen and oxygen atoms in total. The van der Waals surface area contributed by atoms with Crippen molar-refractivity contribution < 1.29 is 23.8 Å². The average Bonchev–Trinajstić information content (AvgIpc) is 3.50.